The second-order valence-electron chi connectivity index (χ2n) is 9.27. The Morgan fingerprint density at radius 3 is 2.63 bits per heavy atom. The molecule has 1 aliphatic heterocycles. The fourth-order valence-corrected chi connectivity index (χ4v) is 5.03. The van der Waals surface area contributed by atoms with Gasteiger partial charge in [-0.25, -0.2) is 4.98 Å². The standard InChI is InChI=1S/C29H30ClN3O2/c1-20-13-14-23(17-21(20)2)35-16-8-7-15-32-27-12-6-4-10-25(27)31-29(32)22-18-28(34)33(19-22)26-11-5-3-9-24(26)30/h3-6,9-14,17,22H,7-8,15-16,18-19H2,1-2H3. The topological polar surface area (TPSA) is 47.4 Å². The molecule has 2 heterocycles. The molecule has 35 heavy (non-hydrogen) atoms. The molecule has 0 spiro atoms. The highest BCUT2D eigenvalue weighted by molar-refractivity contribution is 6.33. The lowest BCUT2D eigenvalue weighted by molar-refractivity contribution is -0.117. The van der Waals surface area contributed by atoms with Gasteiger partial charge in [0.2, 0.25) is 5.91 Å². The first kappa shape index (κ1) is 23.4. The molecule has 5 rings (SSSR count). The number of aryl methyl sites for hydroxylation is 3. The second-order valence-corrected chi connectivity index (χ2v) is 9.68. The van der Waals surface area contributed by atoms with Crippen LogP contribution in [-0.2, 0) is 11.3 Å². The van der Waals surface area contributed by atoms with Crippen molar-refractivity contribution >= 4 is 34.2 Å². The Morgan fingerprint density at radius 2 is 1.80 bits per heavy atom. The Balaban J connectivity index is 1.29. The number of anilines is 1. The maximum atomic E-state index is 12.9. The van der Waals surface area contributed by atoms with Crippen LogP contribution in [0.1, 0.15) is 42.1 Å². The van der Waals surface area contributed by atoms with Gasteiger partial charge in [0.25, 0.3) is 0 Å². The van der Waals surface area contributed by atoms with Crippen molar-refractivity contribution in [1.29, 1.82) is 0 Å². The van der Waals surface area contributed by atoms with Crippen molar-refractivity contribution in [2.75, 3.05) is 18.1 Å². The molecular formula is C29H30ClN3O2. The smallest absolute Gasteiger partial charge is 0.227 e. The summed E-state index contributed by atoms with van der Waals surface area (Å²) in [4.78, 5) is 19.7. The van der Waals surface area contributed by atoms with E-state index in [2.05, 4.69) is 36.6 Å². The lowest BCUT2D eigenvalue weighted by Gasteiger charge is -2.18. The molecule has 1 aliphatic rings. The number of carbonyl (C=O) groups excluding carboxylic acids is 1. The lowest BCUT2D eigenvalue weighted by Crippen LogP contribution is -2.24. The van der Waals surface area contributed by atoms with Gasteiger partial charge in [0, 0.05) is 25.4 Å². The highest BCUT2D eigenvalue weighted by Crippen LogP contribution is 2.36. The van der Waals surface area contributed by atoms with Crippen LogP contribution in [0.5, 0.6) is 5.75 Å². The van der Waals surface area contributed by atoms with Crippen LogP contribution >= 0.6 is 11.6 Å². The zero-order valence-corrected chi connectivity index (χ0v) is 21.0. The van der Waals surface area contributed by atoms with Gasteiger partial charge in [-0.05, 0) is 74.2 Å². The highest BCUT2D eigenvalue weighted by atomic mass is 35.5. The molecule has 1 atom stereocenters. The summed E-state index contributed by atoms with van der Waals surface area (Å²) in [6.07, 6.45) is 2.34. The third kappa shape index (κ3) is 4.92. The minimum atomic E-state index is 0.0259. The summed E-state index contributed by atoms with van der Waals surface area (Å²) < 4.78 is 8.27. The van der Waals surface area contributed by atoms with Gasteiger partial charge >= 0.3 is 0 Å². The van der Waals surface area contributed by atoms with E-state index in [1.165, 1.54) is 11.1 Å². The van der Waals surface area contributed by atoms with Gasteiger partial charge in [0.15, 0.2) is 0 Å². The van der Waals surface area contributed by atoms with E-state index < -0.39 is 0 Å². The van der Waals surface area contributed by atoms with Gasteiger partial charge in [0.05, 0.1) is 28.4 Å². The fraction of sp³-hybridized carbons (Fsp3) is 0.310. The molecule has 1 fully saturated rings. The number of ether oxygens (including phenoxy) is 1. The van der Waals surface area contributed by atoms with E-state index in [4.69, 9.17) is 21.3 Å². The zero-order chi connectivity index (χ0) is 24.4. The molecule has 0 N–H and O–H groups in total. The van der Waals surface area contributed by atoms with Crippen molar-refractivity contribution in [3.05, 3.63) is 88.7 Å². The van der Waals surface area contributed by atoms with Crippen LogP contribution in [0.4, 0.5) is 5.69 Å². The number of fused-ring (bicyclic) bond motifs is 1. The molecule has 1 unspecified atom stereocenters. The molecule has 180 valence electrons. The summed E-state index contributed by atoms with van der Waals surface area (Å²) >= 11 is 6.39. The summed E-state index contributed by atoms with van der Waals surface area (Å²) in [7, 11) is 0. The van der Waals surface area contributed by atoms with Crippen LogP contribution in [0.15, 0.2) is 66.7 Å². The van der Waals surface area contributed by atoms with E-state index in [9.17, 15) is 4.79 Å². The maximum Gasteiger partial charge on any atom is 0.227 e. The maximum absolute atomic E-state index is 12.9. The minimum Gasteiger partial charge on any atom is -0.494 e. The molecule has 3 aromatic carbocycles. The van der Waals surface area contributed by atoms with Crippen LogP contribution in [-0.4, -0.2) is 28.6 Å². The van der Waals surface area contributed by atoms with Gasteiger partial charge < -0.3 is 14.2 Å². The van der Waals surface area contributed by atoms with E-state index in [-0.39, 0.29) is 11.8 Å². The number of rotatable bonds is 8. The SMILES string of the molecule is Cc1ccc(OCCCCn2c(C3CC(=O)N(c4ccccc4Cl)C3)nc3ccccc32)cc1C. The summed E-state index contributed by atoms with van der Waals surface area (Å²) in [5.74, 6) is 2.01. The van der Waals surface area contributed by atoms with E-state index >= 15 is 0 Å². The monoisotopic (exact) mass is 487 g/mol. The Bertz CT molecular complexity index is 1360. The largest absolute Gasteiger partial charge is 0.494 e. The Labute approximate surface area is 211 Å². The van der Waals surface area contributed by atoms with Crippen molar-refractivity contribution in [1.82, 2.24) is 9.55 Å². The summed E-state index contributed by atoms with van der Waals surface area (Å²) in [6.45, 7) is 6.31. The molecule has 1 saturated heterocycles. The van der Waals surface area contributed by atoms with E-state index in [0.29, 0.717) is 24.6 Å². The summed E-state index contributed by atoms with van der Waals surface area (Å²) in [6, 6.07) is 22.0. The number of benzene rings is 3. The average molecular weight is 488 g/mol. The quantitative estimate of drug-likeness (QED) is 0.260. The third-order valence-corrected chi connectivity index (χ3v) is 7.16. The van der Waals surface area contributed by atoms with Crippen molar-refractivity contribution in [2.24, 2.45) is 0 Å². The summed E-state index contributed by atoms with van der Waals surface area (Å²) in [5.41, 5.74) is 5.37. The number of amides is 1. The zero-order valence-electron chi connectivity index (χ0n) is 20.2. The lowest BCUT2D eigenvalue weighted by atomic mass is 10.1. The number of aromatic nitrogens is 2. The first-order valence-corrected chi connectivity index (χ1v) is 12.6. The number of carbonyl (C=O) groups is 1. The van der Waals surface area contributed by atoms with Gasteiger partial charge in [-0.3, -0.25) is 4.79 Å². The highest BCUT2D eigenvalue weighted by Gasteiger charge is 2.35. The first-order valence-electron chi connectivity index (χ1n) is 12.2. The van der Waals surface area contributed by atoms with Crippen molar-refractivity contribution < 1.29 is 9.53 Å². The molecule has 1 amide bonds. The van der Waals surface area contributed by atoms with E-state index in [0.717, 1.165) is 47.7 Å². The van der Waals surface area contributed by atoms with Gasteiger partial charge in [-0.1, -0.05) is 41.9 Å². The molecular weight excluding hydrogens is 458 g/mol. The van der Waals surface area contributed by atoms with Gasteiger partial charge in [-0.15, -0.1) is 0 Å². The predicted molar refractivity (Wildman–Crippen MR) is 142 cm³/mol. The molecule has 0 radical (unpaired) electrons. The van der Waals surface area contributed by atoms with Crippen LogP contribution < -0.4 is 9.64 Å². The average Bonchev–Trinajstić information content (AvgIpc) is 3.42. The molecule has 6 heteroatoms. The summed E-state index contributed by atoms with van der Waals surface area (Å²) in [5, 5.41) is 0.596. The molecule has 1 aromatic heterocycles. The van der Waals surface area contributed by atoms with Crippen LogP contribution in [0.3, 0.4) is 0 Å². The number of para-hydroxylation sites is 3. The molecule has 0 aliphatic carbocycles. The number of unbranched alkanes of at least 4 members (excludes halogenated alkanes) is 1. The number of hydrogen-bond acceptors (Lipinski definition) is 3. The van der Waals surface area contributed by atoms with Crippen LogP contribution in [0.2, 0.25) is 5.02 Å². The van der Waals surface area contributed by atoms with Gasteiger partial charge in [0.1, 0.15) is 11.6 Å². The number of hydrogen-bond donors (Lipinski definition) is 0. The van der Waals surface area contributed by atoms with E-state index in [1.807, 2.05) is 48.5 Å². The van der Waals surface area contributed by atoms with Crippen molar-refractivity contribution in [3.8, 4) is 5.75 Å². The number of nitrogens with zero attached hydrogens (tertiary/aromatic N) is 3. The van der Waals surface area contributed by atoms with E-state index in [1.54, 1.807) is 4.90 Å². The number of halogens is 1. The first-order chi connectivity index (χ1) is 17.0. The second kappa shape index (κ2) is 10.1. The molecule has 5 nitrogen and oxygen atoms in total. The van der Waals surface area contributed by atoms with Crippen LogP contribution in [0.25, 0.3) is 11.0 Å². The molecule has 0 saturated carbocycles. The Morgan fingerprint density at radius 1 is 1.00 bits per heavy atom. The molecule has 4 aromatic rings. The predicted octanol–water partition coefficient (Wildman–Crippen LogP) is 6.69. The Hall–Kier alpha value is -3.31. The fourth-order valence-electron chi connectivity index (χ4n) is 4.79. The van der Waals surface area contributed by atoms with Crippen LogP contribution in [0, 0.1) is 13.8 Å². The van der Waals surface area contributed by atoms with Crippen molar-refractivity contribution in [3.63, 3.8) is 0 Å². The minimum absolute atomic E-state index is 0.0259. The van der Waals surface area contributed by atoms with Crippen molar-refractivity contribution in [2.45, 2.75) is 45.6 Å². The molecule has 0 bridgehead atoms. The third-order valence-electron chi connectivity index (χ3n) is 6.84. The Kier molecular flexibility index (Phi) is 6.78. The van der Waals surface area contributed by atoms with Gasteiger partial charge in [-0.2, -0.15) is 0 Å². The number of imidazole rings is 1. The normalized spacial score (nSPS) is 15.8.